The van der Waals surface area contributed by atoms with Crippen molar-refractivity contribution in [3.63, 3.8) is 0 Å². The van der Waals surface area contributed by atoms with Gasteiger partial charge in [-0.3, -0.25) is 10.2 Å². The fourth-order valence-corrected chi connectivity index (χ4v) is 0.400. The molecule has 5 heteroatoms. The maximum absolute atomic E-state index is 10.5. The van der Waals surface area contributed by atoms with E-state index in [1.807, 2.05) is 5.43 Å². The largest absolute Gasteiger partial charge is 0.364 e. The highest BCUT2D eigenvalue weighted by Crippen LogP contribution is 1.93. The molecule has 0 unspecified atom stereocenters. The number of nitrogens with zero attached hydrogens (tertiary/aromatic N) is 1. The minimum absolute atomic E-state index is 0.317. The van der Waals surface area contributed by atoms with Gasteiger partial charge in [-0.2, -0.15) is 0 Å². The molecule has 0 fully saturated rings. The standard InChI is InChI=1S/C4H5N3O2/c5-7-4(8)3-1-6-9-2-3/h1-2H,5H2,(H,7,8). The van der Waals surface area contributed by atoms with E-state index in [0.717, 1.165) is 0 Å². The van der Waals surface area contributed by atoms with Crippen molar-refractivity contribution in [3.8, 4) is 0 Å². The summed E-state index contributed by atoms with van der Waals surface area (Å²) in [4.78, 5) is 10.5. The highest BCUT2D eigenvalue weighted by atomic mass is 16.5. The molecule has 1 amide bonds. The lowest BCUT2D eigenvalue weighted by atomic mass is 10.4. The number of amides is 1. The van der Waals surface area contributed by atoms with Crippen LogP contribution in [0.3, 0.4) is 0 Å². The summed E-state index contributed by atoms with van der Waals surface area (Å²) >= 11 is 0. The van der Waals surface area contributed by atoms with Gasteiger partial charge in [0.05, 0.1) is 6.20 Å². The van der Waals surface area contributed by atoms with Gasteiger partial charge in [0.1, 0.15) is 11.8 Å². The topological polar surface area (TPSA) is 81.1 Å². The van der Waals surface area contributed by atoms with Crippen molar-refractivity contribution in [2.45, 2.75) is 0 Å². The minimum atomic E-state index is -0.406. The van der Waals surface area contributed by atoms with Gasteiger partial charge < -0.3 is 4.52 Å². The molecule has 5 nitrogen and oxygen atoms in total. The van der Waals surface area contributed by atoms with E-state index in [9.17, 15) is 4.79 Å². The van der Waals surface area contributed by atoms with Crippen LogP contribution in [-0.4, -0.2) is 11.1 Å². The Hall–Kier alpha value is -1.36. The zero-order chi connectivity index (χ0) is 6.69. The molecule has 3 N–H and O–H groups in total. The van der Waals surface area contributed by atoms with Crippen LogP contribution in [0.4, 0.5) is 0 Å². The quantitative estimate of drug-likeness (QED) is 0.296. The van der Waals surface area contributed by atoms with E-state index in [2.05, 4.69) is 9.68 Å². The molecule has 0 radical (unpaired) electrons. The lowest BCUT2D eigenvalue weighted by Gasteiger charge is -1.88. The molecule has 0 aliphatic carbocycles. The van der Waals surface area contributed by atoms with Crippen molar-refractivity contribution in [1.82, 2.24) is 10.6 Å². The number of hydrogen-bond donors (Lipinski definition) is 2. The first-order valence-electron chi connectivity index (χ1n) is 2.25. The van der Waals surface area contributed by atoms with Crippen LogP contribution >= 0.6 is 0 Å². The number of carbonyl (C=O) groups excluding carboxylic acids is 1. The van der Waals surface area contributed by atoms with E-state index in [4.69, 9.17) is 5.84 Å². The van der Waals surface area contributed by atoms with Crippen LogP contribution in [0.25, 0.3) is 0 Å². The molecule has 1 heterocycles. The number of hydrogen-bond acceptors (Lipinski definition) is 4. The first kappa shape index (κ1) is 5.77. The second kappa shape index (κ2) is 2.27. The maximum atomic E-state index is 10.5. The van der Waals surface area contributed by atoms with Crippen LogP contribution in [-0.2, 0) is 0 Å². The number of nitrogens with one attached hydrogen (secondary N) is 1. The molecule has 0 aliphatic rings. The summed E-state index contributed by atoms with van der Waals surface area (Å²) in [5, 5.41) is 3.30. The molecule has 1 aromatic rings. The van der Waals surface area contributed by atoms with Gasteiger partial charge in [-0.15, -0.1) is 0 Å². The Morgan fingerprint density at radius 3 is 3.11 bits per heavy atom. The summed E-state index contributed by atoms with van der Waals surface area (Å²) in [5.74, 6) is 4.39. The molecule has 0 bridgehead atoms. The number of hydrazine groups is 1. The molecule has 0 aliphatic heterocycles. The molecule has 1 aromatic heterocycles. The van der Waals surface area contributed by atoms with Gasteiger partial charge >= 0.3 is 0 Å². The van der Waals surface area contributed by atoms with Gasteiger partial charge in [0.25, 0.3) is 5.91 Å². The van der Waals surface area contributed by atoms with Gasteiger partial charge in [-0.1, -0.05) is 5.16 Å². The Kier molecular flexibility index (Phi) is 1.46. The summed E-state index contributed by atoms with van der Waals surface area (Å²) in [6, 6.07) is 0. The predicted octanol–water partition coefficient (Wildman–Crippen LogP) is -0.722. The summed E-state index contributed by atoms with van der Waals surface area (Å²) in [7, 11) is 0. The fraction of sp³-hybridized carbons (Fsp3) is 0. The second-order valence-corrected chi connectivity index (χ2v) is 1.39. The van der Waals surface area contributed by atoms with Crippen molar-refractivity contribution in [1.29, 1.82) is 0 Å². The average molecular weight is 127 g/mol. The van der Waals surface area contributed by atoms with E-state index in [-0.39, 0.29) is 0 Å². The molecular formula is C4H5N3O2. The first-order chi connectivity index (χ1) is 4.34. The van der Waals surface area contributed by atoms with Crippen LogP contribution in [0.5, 0.6) is 0 Å². The molecule has 9 heavy (non-hydrogen) atoms. The first-order valence-corrected chi connectivity index (χ1v) is 2.25. The smallest absolute Gasteiger partial charge is 0.270 e. The Morgan fingerprint density at radius 2 is 2.67 bits per heavy atom. The molecular weight excluding hydrogens is 122 g/mol. The number of nitrogen functional groups attached to an aromatic ring is 1. The number of carbonyl (C=O) groups is 1. The minimum Gasteiger partial charge on any atom is -0.364 e. The maximum Gasteiger partial charge on any atom is 0.270 e. The van der Waals surface area contributed by atoms with Crippen LogP contribution in [0.15, 0.2) is 17.0 Å². The summed E-state index contributed by atoms with van der Waals surface area (Å²) in [5.41, 5.74) is 2.25. The molecule has 0 aromatic carbocycles. The van der Waals surface area contributed by atoms with Crippen LogP contribution in [0.2, 0.25) is 0 Å². The summed E-state index contributed by atoms with van der Waals surface area (Å²) in [6.07, 6.45) is 2.49. The molecule has 0 atom stereocenters. The van der Waals surface area contributed by atoms with Crippen LogP contribution < -0.4 is 11.3 Å². The Labute approximate surface area is 50.8 Å². The van der Waals surface area contributed by atoms with E-state index >= 15 is 0 Å². The number of nitrogens with two attached hydrogens (primary N) is 1. The zero-order valence-electron chi connectivity index (χ0n) is 4.50. The Morgan fingerprint density at radius 1 is 1.89 bits per heavy atom. The number of rotatable bonds is 1. The lowest BCUT2D eigenvalue weighted by Crippen LogP contribution is -2.29. The summed E-state index contributed by atoms with van der Waals surface area (Å²) in [6.45, 7) is 0. The third-order valence-corrected chi connectivity index (χ3v) is 0.826. The SMILES string of the molecule is NNC(=O)c1cnoc1. The monoisotopic (exact) mass is 127 g/mol. The van der Waals surface area contributed by atoms with E-state index < -0.39 is 5.91 Å². The van der Waals surface area contributed by atoms with Gasteiger partial charge in [-0.05, 0) is 0 Å². The normalized spacial score (nSPS) is 9.00. The third kappa shape index (κ3) is 1.06. The van der Waals surface area contributed by atoms with Crippen molar-refractivity contribution >= 4 is 5.91 Å². The molecule has 1 rings (SSSR count). The Bertz CT molecular complexity index is 194. The van der Waals surface area contributed by atoms with Crippen molar-refractivity contribution < 1.29 is 9.32 Å². The van der Waals surface area contributed by atoms with Gasteiger partial charge in [0, 0.05) is 0 Å². The van der Waals surface area contributed by atoms with Crippen molar-refractivity contribution in [3.05, 3.63) is 18.0 Å². The number of aromatic nitrogens is 1. The lowest BCUT2D eigenvalue weighted by molar-refractivity contribution is 0.0953. The van der Waals surface area contributed by atoms with Gasteiger partial charge in [-0.25, -0.2) is 5.84 Å². The Balaban J connectivity index is 2.77. The van der Waals surface area contributed by atoms with E-state index in [0.29, 0.717) is 5.56 Å². The highest BCUT2D eigenvalue weighted by molar-refractivity contribution is 5.92. The molecule has 0 saturated heterocycles. The van der Waals surface area contributed by atoms with Crippen molar-refractivity contribution in [2.24, 2.45) is 5.84 Å². The summed E-state index contributed by atoms with van der Waals surface area (Å²) < 4.78 is 4.37. The van der Waals surface area contributed by atoms with Crippen molar-refractivity contribution in [2.75, 3.05) is 0 Å². The zero-order valence-corrected chi connectivity index (χ0v) is 4.50. The fourth-order valence-electron chi connectivity index (χ4n) is 0.400. The van der Waals surface area contributed by atoms with Gasteiger partial charge in [0.15, 0.2) is 0 Å². The molecule has 48 valence electrons. The van der Waals surface area contributed by atoms with E-state index in [1.54, 1.807) is 0 Å². The molecule has 0 saturated carbocycles. The van der Waals surface area contributed by atoms with Crippen LogP contribution in [0.1, 0.15) is 10.4 Å². The van der Waals surface area contributed by atoms with Crippen LogP contribution in [0, 0.1) is 0 Å². The highest BCUT2D eigenvalue weighted by Gasteiger charge is 2.03. The average Bonchev–Trinajstić information content (AvgIpc) is 2.37. The van der Waals surface area contributed by atoms with E-state index in [1.165, 1.54) is 12.5 Å². The second-order valence-electron chi connectivity index (χ2n) is 1.39. The third-order valence-electron chi connectivity index (χ3n) is 0.826. The van der Waals surface area contributed by atoms with Gasteiger partial charge in [0.2, 0.25) is 0 Å². The molecule has 0 spiro atoms. The predicted molar refractivity (Wildman–Crippen MR) is 28.2 cm³/mol.